The van der Waals surface area contributed by atoms with Crippen molar-refractivity contribution in [1.82, 2.24) is 0 Å². The van der Waals surface area contributed by atoms with E-state index in [1.807, 2.05) is 0 Å². The molecule has 0 aliphatic heterocycles. The number of ether oxygens (including phenoxy) is 2. The molecule has 0 amide bonds. The minimum absolute atomic E-state index is 0.0106. The maximum absolute atomic E-state index is 11.7. The van der Waals surface area contributed by atoms with Crippen LogP contribution in [0.2, 0.25) is 0 Å². The van der Waals surface area contributed by atoms with Crippen molar-refractivity contribution in [1.29, 1.82) is 0 Å². The lowest BCUT2D eigenvalue weighted by Gasteiger charge is -2.08. The number of aromatic hydroxyl groups is 3. The first-order chi connectivity index (χ1) is 11.5. The van der Waals surface area contributed by atoms with Gasteiger partial charge in [0.2, 0.25) is 0 Å². The quantitative estimate of drug-likeness (QED) is 0.422. The summed E-state index contributed by atoms with van der Waals surface area (Å²) in [6, 6.07) is 10.5. The molecule has 0 fully saturated rings. The largest absolute Gasteiger partial charge is 0.504 e. The molecule has 0 spiro atoms. The zero-order valence-electron chi connectivity index (χ0n) is 12.6. The number of rotatable bonds is 6. The van der Waals surface area contributed by atoms with Crippen molar-refractivity contribution in [3.8, 4) is 17.2 Å². The molecule has 2 aromatic rings. The van der Waals surface area contributed by atoms with E-state index in [4.69, 9.17) is 9.47 Å². The second-order valence-corrected chi connectivity index (χ2v) is 4.85. The maximum Gasteiger partial charge on any atom is 0.338 e. The lowest BCUT2D eigenvalue weighted by atomic mass is 10.2. The van der Waals surface area contributed by atoms with Crippen molar-refractivity contribution in [2.75, 3.05) is 13.2 Å². The molecule has 0 saturated heterocycles. The molecule has 7 heteroatoms. The Kier molecular flexibility index (Phi) is 5.62. The van der Waals surface area contributed by atoms with Crippen molar-refractivity contribution in [2.45, 2.75) is 6.42 Å². The molecule has 0 aromatic heterocycles. The standard InChI is InChI=1S/C17H16O7/c18-13-9-12(10-14(19)15(13)20)17(22)24-8-4-7-23-16(21)11-5-2-1-3-6-11/h1-3,5-6,9-10,18-20H,4,7-8H2. The average Bonchev–Trinajstić information content (AvgIpc) is 2.59. The molecule has 0 radical (unpaired) electrons. The summed E-state index contributed by atoms with van der Waals surface area (Å²) >= 11 is 0. The second kappa shape index (κ2) is 7.87. The lowest BCUT2D eigenvalue weighted by Crippen LogP contribution is -2.11. The van der Waals surface area contributed by atoms with Gasteiger partial charge in [0.05, 0.1) is 24.3 Å². The van der Waals surface area contributed by atoms with Gasteiger partial charge in [-0.2, -0.15) is 0 Å². The Morgan fingerprint density at radius 2 is 1.29 bits per heavy atom. The van der Waals surface area contributed by atoms with Gasteiger partial charge in [-0.25, -0.2) is 9.59 Å². The Labute approximate surface area is 137 Å². The number of esters is 2. The molecule has 0 bridgehead atoms. The van der Waals surface area contributed by atoms with Crippen molar-refractivity contribution in [2.24, 2.45) is 0 Å². The zero-order chi connectivity index (χ0) is 17.5. The van der Waals surface area contributed by atoms with Gasteiger partial charge < -0.3 is 24.8 Å². The summed E-state index contributed by atoms with van der Waals surface area (Å²) in [5.74, 6) is -3.21. The molecule has 2 rings (SSSR count). The highest BCUT2D eigenvalue weighted by Crippen LogP contribution is 2.35. The molecular formula is C17H16O7. The molecule has 3 N–H and O–H groups in total. The smallest absolute Gasteiger partial charge is 0.338 e. The Morgan fingerprint density at radius 3 is 1.83 bits per heavy atom. The molecule has 0 aliphatic rings. The summed E-state index contributed by atoms with van der Waals surface area (Å²) in [4.78, 5) is 23.4. The van der Waals surface area contributed by atoms with Crippen LogP contribution in [0.5, 0.6) is 17.2 Å². The molecule has 0 unspecified atom stereocenters. The van der Waals surface area contributed by atoms with E-state index in [-0.39, 0.29) is 18.8 Å². The van der Waals surface area contributed by atoms with Gasteiger partial charge in [-0.05, 0) is 24.3 Å². The number of carbonyl (C=O) groups excluding carboxylic acids is 2. The molecule has 2 aromatic carbocycles. The summed E-state index contributed by atoms with van der Waals surface area (Å²) in [6.07, 6.45) is 0.292. The van der Waals surface area contributed by atoms with Crippen molar-refractivity contribution in [3.63, 3.8) is 0 Å². The Bertz CT molecular complexity index is 702. The van der Waals surface area contributed by atoms with Gasteiger partial charge in [-0.1, -0.05) is 18.2 Å². The van der Waals surface area contributed by atoms with Gasteiger partial charge in [0.1, 0.15) is 0 Å². The van der Waals surface area contributed by atoms with Crippen LogP contribution >= 0.6 is 0 Å². The maximum atomic E-state index is 11.7. The van der Waals surface area contributed by atoms with Crippen LogP contribution in [0.15, 0.2) is 42.5 Å². The van der Waals surface area contributed by atoms with E-state index < -0.39 is 29.2 Å². The molecule has 7 nitrogen and oxygen atoms in total. The predicted octanol–water partition coefficient (Wildman–Crippen LogP) is 2.21. The van der Waals surface area contributed by atoms with E-state index in [9.17, 15) is 24.9 Å². The van der Waals surface area contributed by atoms with E-state index >= 15 is 0 Å². The van der Waals surface area contributed by atoms with E-state index in [1.165, 1.54) is 0 Å². The van der Waals surface area contributed by atoms with Gasteiger partial charge in [-0.3, -0.25) is 0 Å². The van der Waals surface area contributed by atoms with Crippen LogP contribution in [-0.4, -0.2) is 40.5 Å². The fourth-order valence-electron chi connectivity index (χ4n) is 1.85. The predicted molar refractivity (Wildman–Crippen MR) is 83.1 cm³/mol. The van der Waals surface area contributed by atoms with Crippen LogP contribution < -0.4 is 0 Å². The van der Waals surface area contributed by atoms with Crippen LogP contribution in [0.1, 0.15) is 27.1 Å². The molecule has 126 valence electrons. The van der Waals surface area contributed by atoms with Crippen molar-refractivity contribution in [3.05, 3.63) is 53.6 Å². The van der Waals surface area contributed by atoms with E-state index in [0.717, 1.165) is 12.1 Å². The van der Waals surface area contributed by atoms with Crippen LogP contribution in [0.25, 0.3) is 0 Å². The molecule has 0 saturated carbocycles. The normalized spacial score (nSPS) is 10.2. The molecule has 0 aliphatic carbocycles. The third-order valence-corrected chi connectivity index (χ3v) is 3.07. The number of benzene rings is 2. The third-order valence-electron chi connectivity index (χ3n) is 3.07. The number of phenols is 3. The number of carbonyl (C=O) groups is 2. The molecule has 24 heavy (non-hydrogen) atoms. The van der Waals surface area contributed by atoms with Gasteiger partial charge >= 0.3 is 11.9 Å². The summed E-state index contributed by atoms with van der Waals surface area (Å²) in [5.41, 5.74) is 0.327. The Hall–Kier alpha value is -3.22. The molecule has 0 heterocycles. The first-order valence-corrected chi connectivity index (χ1v) is 7.13. The summed E-state index contributed by atoms with van der Waals surface area (Å²) < 4.78 is 9.96. The molecular weight excluding hydrogens is 316 g/mol. The zero-order valence-corrected chi connectivity index (χ0v) is 12.6. The first kappa shape index (κ1) is 17.1. The highest BCUT2D eigenvalue weighted by atomic mass is 16.5. The van der Waals surface area contributed by atoms with Crippen LogP contribution in [0, 0.1) is 0 Å². The number of hydrogen-bond acceptors (Lipinski definition) is 7. The minimum atomic E-state index is -0.782. The lowest BCUT2D eigenvalue weighted by molar-refractivity contribution is 0.0395. The van der Waals surface area contributed by atoms with Gasteiger partial charge in [-0.15, -0.1) is 0 Å². The number of hydrogen-bond donors (Lipinski definition) is 3. The van der Waals surface area contributed by atoms with E-state index in [0.29, 0.717) is 12.0 Å². The number of phenolic OH excluding ortho intramolecular Hbond substituents is 3. The van der Waals surface area contributed by atoms with E-state index in [1.54, 1.807) is 30.3 Å². The van der Waals surface area contributed by atoms with Gasteiger partial charge in [0.25, 0.3) is 0 Å². The summed E-state index contributed by atoms with van der Waals surface area (Å²) in [5, 5.41) is 27.9. The first-order valence-electron chi connectivity index (χ1n) is 7.13. The fraction of sp³-hybridized carbons (Fsp3) is 0.176. The average molecular weight is 332 g/mol. The highest BCUT2D eigenvalue weighted by molar-refractivity contribution is 5.91. The van der Waals surface area contributed by atoms with Crippen molar-refractivity contribution < 1.29 is 34.4 Å². The monoisotopic (exact) mass is 332 g/mol. The van der Waals surface area contributed by atoms with Crippen LogP contribution in [0.3, 0.4) is 0 Å². The Morgan fingerprint density at radius 1 is 0.792 bits per heavy atom. The molecule has 0 atom stereocenters. The van der Waals surface area contributed by atoms with Gasteiger partial charge in [0, 0.05) is 6.42 Å². The Balaban J connectivity index is 1.74. The minimum Gasteiger partial charge on any atom is -0.504 e. The second-order valence-electron chi connectivity index (χ2n) is 4.85. The summed E-state index contributed by atoms with van der Waals surface area (Å²) in [6.45, 7) is 0.0659. The summed E-state index contributed by atoms with van der Waals surface area (Å²) in [7, 11) is 0. The SMILES string of the molecule is O=C(OCCCOC(=O)c1cc(O)c(O)c(O)c1)c1ccccc1. The van der Waals surface area contributed by atoms with Crippen molar-refractivity contribution >= 4 is 11.9 Å². The van der Waals surface area contributed by atoms with Gasteiger partial charge in [0.15, 0.2) is 17.2 Å². The fourth-order valence-corrected chi connectivity index (χ4v) is 1.85. The van der Waals surface area contributed by atoms with Crippen LogP contribution in [-0.2, 0) is 9.47 Å². The van der Waals surface area contributed by atoms with E-state index in [2.05, 4.69) is 0 Å². The van der Waals surface area contributed by atoms with Crippen LogP contribution in [0.4, 0.5) is 0 Å². The highest BCUT2D eigenvalue weighted by Gasteiger charge is 2.14. The third kappa shape index (κ3) is 4.39. The topological polar surface area (TPSA) is 113 Å².